The van der Waals surface area contributed by atoms with Crippen molar-refractivity contribution in [3.63, 3.8) is 0 Å². The molecular formula is C13H20N2OS. The van der Waals surface area contributed by atoms with Crippen LogP contribution in [0.2, 0.25) is 0 Å². The summed E-state index contributed by atoms with van der Waals surface area (Å²) >= 11 is 1.57. The van der Waals surface area contributed by atoms with Crippen molar-refractivity contribution >= 4 is 27.8 Å². The molecular weight excluding hydrogens is 232 g/mol. The van der Waals surface area contributed by atoms with Crippen molar-refractivity contribution in [2.24, 2.45) is 0 Å². The number of carbonyl (C=O) groups is 1. The van der Waals surface area contributed by atoms with Crippen LogP contribution in [-0.2, 0) is 0 Å². The molecule has 1 aliphatic rings. The van der Waals surface area contributed by atoms with Gasteiger partial charge < -0.3 is 10.6 Å². The zero-order valence-electron chi connectivity index (χ0n) is 10.7. The van der Waals surface area contributed by atoms with Gasteiger partial charge >= 0.3 is 0 Å². The molecule has 0 atom stereocenters. The molecule has 0 unspecified atom stereocenters. The summed E-state index contributed by atoms with van der Waals surface area (Å²) in [6.45, 7) is 4.95. The standard InChI is InChI=1S/C13H20N2OS/c1-4-9(16)12-11(14)10(8-6-7-8)13(17-12)15(3)5-2/h8H,4-7,14H2,1-3H3. The normalized spacial score (nSPS) is 15.0. The topological polar surface area (TPSA) is 46.3 Å². The van der Waals surface area contributed by atoms with Gasteiger partial charge in [0.2, 0.25) is 0 Å². The molecule has 2 rings (SSSR count). The maximum absolute atomic E-state index is 11.9. The van der Waals surface area contributed by atoms with Crippen molar-refractivity contribution in [3.05, 3.63) is 10.4 Å². The van der Waals surface area contributed by atoms with E-state index in [2.05, 4.69) is 18.9 Å². The van der Waals surface area contributed by atoms with E-state index in [1.54, 1.807) is 11.3 Å². The van der Waals surface area contributed by atoms with Crippen LogP contribution in [0.1, 0.15) is 54.3 Å². The zero-order valence-corrected chi connectivity index (χ0v) is 11.6. The van der Waals surface area contributed by atoms with Crippen LogP contribution in [-0.4, -0.2) is 19.4 Å². The highest BCUT2D eigenvalue weighted by Crippen LogP contribution is 2.51. The third-order valence-electron chi connectivity index (χ3n) is 3.34. The van der Waals surface area contributed by atoms with Gasteiger partial charge in [-0.2, -0.15) is 0 Å². The summed E-state index contributed by atoms with van der Waals surface area (Å²) in [5, 5.41) is 1.20. The molecule has 1 saturated carbocycles. The number of nitrogens with two attached hydrogens (primary N) is 1. The molecule has 1 aromatic rings. The Morgan fingerprint density at radius 1 is 1.47 bits per heavy atom. The molecule has 0 spiro atoms. The minimum atomic E-state index is 0.171. The molecule has 0 radical (unpaired) electrons. The van der Waals surface area contributed by atoms with Crippen LogP contribution in [0.4, 0.5) is 10.7 Å². The van der Waals surface area contributed by atoms with Crippen LogP contribution in [0.3, 0.4) is 0 Å². The van der Waals surface area contributed by atoms with Gasteiger partial charge in [-0.3, -0.25) is 4.79 Å². The lowest BCUT2D eigenvalue weighted by Crippen LogP contribution is -2.15. The highest BCUT2D eigenvalue weighted by atomic mass is 32.1. The molecule has 0 saturated heterocycles. The van der Waals surface area contributed by atoms with Gasteiger partial charge in [0.25, 0.3) is 0 Å². The number of hydrogen-bond acceptors (Lipinski definition) is 4. The monoisotopic (exact) mass is 252 g/mol. The first-order valence-corrected chi connectivity index (χ1v) is 7.08. The maximum Gasteiger partial charge on any atom is 0.174 e. The number of ketones is 1. The van der Waals surface area contributed by atoms with Crippen molar-refractivity contribution in [2.45, 2.75) is 39.0 Å². The fourth-order valence-corrected chi connectivity index (χ4v) is 3.35. The Labute approximate surface area is 107 Å². The lowest BCUT2D eigenvalue weighted by Gasteiger charge is -2.16. The lowest BCUT2D eigenvalue weighted by molar-refractivity contribution is 0.0993. The van der Waals surface area contributed by atoms with Crippen LogP contribution >= 0.6 is 11.3 Å². The molecule has 4 heteroatoms. The second-order valence-electron chi connectivity index (χ2n) is 4.63. The smallest absolute Gasteiger partial charge is 0.174 e. The predicted octanol–water partition coefficient (Wildman–Crippen LogP) is 3.26. The Balaban J connectivity index is 2.46. The quantitative estimate of drug-likeness (QED) is 0.818. The van der Waals surface area contributed by atoms with E-state index in [1.165, 1.54) is 23.4 Å². The fraction of sp³-hybridized carbons (Fsp3) is 0.615. The van der Waals surface area contributed by atoms with Gasteiger partial charge in [0.15, 0.2) is 5.78 Å². The number of hydrogen-bond donors (Lipinski definition) is 1. The first-order chi connectivity index (χ1) is 8.10. The molecule has 94 valence electrons. The van der Waals surface area contributed by atoms with Gasteiger partial charge in [0, 0.05) is 25.6 Å². The largest absolute Gasteiger partial charge is 0.397 e. The summed E-state index contributed by atoms with van der Waals surface area (Å²) in [5.74, 6) is 0.763. The Morgan fingerprint density at radius 3 is 2.59 bits per heavy atom. The summed E-state index contributed by atoms with van der Waals surface area (Å²) < 4.78 is 0. The van der Waals surface area contributed by atoms with Crippen LogP contribution in [0.25, 0.3) is 0 Å². The number of nitrogen functional groups attached to an aromatic ring is 1. The summed E-state index contributed by atoms with van der Waals surface area (Å²) in [4.78, 5) is 14.8. The summed E-state index contributed by atoms with van der Waals surface area (Å²) in [7, 11) is 2.07. The van der Waals surface area contributed by atoms with E-state index in [0.29, 0.717) is 12.3 Å². The van der Waals surface area contributed by atoms with Gasteiger partial charge in [-0.15, -0.1) is 11.3 Å². The van der Waals surface area contributed by atoms with E-state index in [-0.39, 0.29) is 5.78 Å². The molecule has 3 nitrogen and oxygen atoms in total. The molecule has 2 N–H and O–H groups in total. The lowest BCUT2D eigenvalue weighted by atomic mass is 10.1. The van der Waals surface area contributed by atoms with Crippen molar-refractivity contribution in [1.82, 2.24) is 0 Å². The van der Waals surface area contributed by atoms with Crippen LogP contribution in [0.5, 0.6) is 0 Å². The van der Waals surface area contributed by atoms with Crippen molar-refractivity contribution in [1.29, 1.82) is 0 Å². The zero-order chi connectivity index (χ0) is 12.6. The van der Waals surface area contributed by atoms with Crippen LogP contribution in [0.15, 0.2) is 0 Å². The number of thiophene rings is 1. The van der Waals surface area contributed by atoms with E-state index in [0.717, 1.165) is 17.1 Å². The molecule has 0 amide bonds. The van der Waals surface area contributed by atoms with Gasteiger partial charge in [0.1, 0.15) is 0 Å². The summed E-state index contributed by atoms with van der Waals surface area (Å²) in [6.07, 6.45) is 2.96. The first kappa shape index (κ1) is 12.4. The molecule has 1 heterocycles. The van der Waals surface area contributed by atoms with Gasteiger partial charge in [-0.1, -0.05) is 6.92 Å². The molecule has 0 aromatic carbocycles. The minimum Gasteiger partial charge on any atom is -0.397 e. The third kappa shape index (κ3) is 2.18. The van der Waals surface area contributed by atoms with E-state index >= 15 is 0 Å². The van der Waals surface area contributed by atoms with Gasteiger partial charge in [0.05, 0.1) is 15.6 Å². The van der Waals surface area contributed by atoms with Crippen molar-refractivity contribution in [3.8, 4) is 0 Å². The Hall–Kier alpha value is -1.03. The van der Waals surface area contributed by atoms with Gasteiger partial charge in [-0.05, 0) is 25.7 Å². The average Bonchev–Trinajstić information content (AvgIpc) is 3.11. The van der Waals surface area contributed by atoms with Crippen LogP contribution < -0.4 is 10.6 Å². The van der Waals surface area contributed by atoms with Crippen molar-refractivity contribution in [2.75, 3.05) is 24.2 Å². The van der Waals surface area contributed by atoms with Gasteiger partial charge in [-0.25, -0.2) is 0 Å². The number of nitrogens with zero attached hydrogens (tertiary/aromatic N) is 1. The van der Waals surface area contributed by atoms with E-state index in [9.17, 15) is 4.79 Å². The highest BCUT2D eigenvalue weighted by molar-refractivity contribution is 7.18. The van der Waals surface area contributed by atoms with Crippen LogP contribution in [0, 0.1) is 0 Å². The molecule has 1 aromatic heterocycles. The number of rotatable bonds is 5. The second kappa shape index (κ2) is 4.69. The Morgan fingerprint density at radius 2 is 2.12 bits per heavy atom. The minimum absolute atomic E-state index is 0.171. The second-order valence-corrected chi connectivity index (χ2v) is 5.63. The highest BCUT2D eigenvalue weighted by Gasteiger charge is 2.33. The molecule has 0 aliphatic heterocycles. The summed E-state index contributed by atoms with van der Waals surface area (Å²) in [6, 6.07) is 0. The molecule has 0 bridgehead atoms. The molecule has 1 aliphatic carbocycles. The summed E-state index contributed by atoms with van der Waals surface area (Å²) in [5.41, 5.74) is 8.16. The van der Waals surface area contributed by atoms with Crippen molar-refractivity contribution < 1.29 is 4.79 Å². The van der Waals surface area contributed by atoms with E-state index in [4.69, 9.17) is 5.73 Å². The number of Topliss-reactive ketones (excluding diaryl/α,β-unsaturated/α-hetero) is 1. The van der Waals surface area contributed by atoms with E-state index in [1.807, 2.05) is 6.92 Å². The molecule has 1 fully saturated rings. The fourth-order valence-electron chi connectivity index (χ4n) is 2.01. The SMILES string of the molecule is CCC(=O)c1sc(N(C)CC)c(C2CC2)c1N. The molecule has 17 heavy (non-hydrogen) atoms. The number of anilines is 2. The Bertz CT molecular complexity index is 435. The maximum atomic E-state index is 11.9. The Kier molecular flexibility index (Phi) is 3.43. The predicted molar refractivity (Wildman–Crippen MR) is 74.3 cm³/mol. The van der Waals surface area contributed by atoms with E-state index < -0.39 is 0 Å². The third-order valence-corrected chi connectivity index (χ3v) is 4.72. The number of carbonyl (C=O) groups excluding carboxylic acids is 1. The average molecular weight is 252 g/mol. The first-order valence-electron chi connectivity index (χ1n) is 6.26.